The van der Waals surface area contributed by atoms with Crippen molar-refractivity contribution in [3.05, 3.63) is 0 Å². The zero-order valence-electron chi connectivity index (χ0n) is 9.43. The molecular weight excluding hydrogens is 286 g/mol. The zero-order valence-corrected chi connectivity index (χ0v) is 9.43. The second-order valence-corrected chi connectivity index (χ2v) is 3.90. The second-order valence-electron chi connectivity index (χ2n) is 3.90. The second kappa shape index (κ2) is 7.27. The normalized spacial score (nSPS) is 22.4. The fourth-order valence-electron chi connectivity index (χ4n) is 1.20. The highest BCUT2D eigenvalue weighted by Gasteiger charge is 2.48. The van der Waals surface area contributed by atoms with Crippen molar-refractivity contribution in [2.75, 3.05) is 6.67 Å². The van der Waals surface area contributed by atoms with Crippen LogP contribution in [0.5, 0.6) is 0 Å². The molecule has 10 heteroatoms. The lowest BCUT2D eigenvalue weighted by Gasteiger charge is -2.28. The van der Waals surface area contributed by atoms with E-state index in [1.807, 2.05) is 0 Å². The van der Waals surface area contributed by atoms with Crippen molar-refractivity contribution in [1.82, 2.24) is 0 Å². The number of halogens is 6. The van der Waals surface area contributed by atoms with Gasteiger partial charge in [-0.05, 0) is 0 Å². The van der Waals surface area contributed by atoms with Crippen LogP contribution in [-0.2, 0) is 0 Å². The summed E-state index contributed by atoms with van der Waals surface area (Å²) in [6, 6.07) is 0. The molecule has 0 aromatic heterocycles. The van der Waals surface area contributed by atoms with Gasteiger partial charge in [-0.25, -0.2) is 22.0 Å². The van der Waals surface area contributed by atoms with Gasteiger partial charge in [-0.2, -0.15) is 0 Å². The molecule has 0 aliphatic heterocycles. The Morgan fingerprint density at radius 3 is 1.58 bits per heavy atom. The Kier molecular flexibility index (Phi) is 7.05. The van der Waals surface area contributed by atoms with Crippen molar-refractivity contribution >= 4 is 0 Å². The first-order valence-electron chi connectivity index (χ1n) is 5.15. The smallest absolute Gasteiger partial charge is 0.306 e. The van der Waals surface area contributed by atoms with Gasteiger partial charge in [0.1, 0.15) is 6.17 Å². The molecule has 0 aliphatic rings. The van der Waals surface area contributed by atoms with Gasteiger partial charge in [0, 0.05) is 6.42 Å². The fraction of sp³-hybridized carbons (Fsp3) is 1.00. The van der Waals surface area contributed by atoms with Gasteiger partial charge in [-0.15, -0.1) is 0 Å². The van der Waals surface area contributed by atoms with Gasteiger partial charge in [0.25, 0.3) is 0 Å². The van der Waals surface area contributed by atoms with E-state index in [1.54, 1.807) is 0 Å². The highest BCUT2D eigenvalue weighted by molar-refractivity contribution is 4.90. The first-order valence-corrected chi connectivity index (χ1v) is 5.15. The third kappa shape index (κ3) is 5.13. The molecule has 19 heavy (non-hydrogen) atoms. The van der Waals surface area contributed by atoms with Crippen molar-refractivity contribution in [2.45, 2.75) is 49.4 Å². The molecule has 0 heterocycles. The quantitative estimate of drug-likeness (QED) is 0.376. The molecule has 0 radical (unpaired) electrons. The predicted molar refractivity (Wildman–Crippen MR) is 50.5 cm³/mol. The first-order chi connectivity index (χ1) is 8.53. The highest BCUT2D eigenvalue weighted by Crippen LogP contribution is 2.26. The number of hydrogen-bond donors (Lipinski definition) is 4. The summed E-state index contributed by atoms with van der Waals surface area (Å²) in [7, 11) is 0. The maximum atomic E-state index is 13.1. The molecule has 0 aliphatic carbocycles. The minimum atomic E-state index is -4.08. The van der Waals surface area contributed by atoms with Crippen LogP contribution in [0.25, 0.3) is 0 Å². The van der Waals surface area contributed by atoms with Crippen LogP contribution in [0.15, 0.2) is 0 Å². The lowest BCUT2D eigenvalue weighted by molar-refractivity contribution is -0.365. The van der Waals surface area contributed by atoms with Crippen LogP contribution in [0.2, 0.25) is 0 Å². The van der Waals surface area contributed by atoms with E-state index in [-0.39, 0.29) is 0 Å². The van der Waals surface area contributed by atoms with Gasteiger partial charge in [-0.1, -0.05) is 0 Å². The Labute approximate surface area is 104 Å². The first kappa shape index (κ1) is 18.4. The highest BCUT2D eigenvalue weighted by atomic mass is 19.2. The van der Waals surface area contributed by atoms with Gasteiger partial charge in [-0.3, -0.25) is 4.39 Å². The van der Waals surface area contributed by atoms with Crippen molar-refractivity contribution in [2.24, 2.45) is 0 Å². The van der Waals surface area contributed by atoms with E-state index in [1.165, 1.54) is 0 Å². The summed E-state index contributed by atoms with van der Waals surface area (Å²) in [6.07, 6.45) is -20.6. The summed E-state index contributed by atoms with van der Waals surface area (Å²) in [5.74, 6) is -4.08. The van der Waals surface area contributed by atoms with Gasteiger partial charge in [0.05, 0.1) is 6.67 Å². The Hall–Kier alpha value is -0.580. The van der Waals surface area contributed by atoms with Crippen molar-refractivity contribution in [1.29, 1.82) is 0 Å². The van der Waals surface area contributed by atoms with Gasteiger partial charge in [0.2, 0.25) is 0 Å². The molecule has 0 rings (SSSR count). The topological polar surface area (TPSA) is 80.9 Å². The summed E-state index contributed by atoms with van der Waals surface area (Å²) in [5, 5.41) is 33.7. The third-order valence-electron chi connectivity index (χ3n) is 2.34. The Bertz CT molecular complexity index is 264. The number of aliphatic hydroxyl groups is 4. The van der Waals surface area contributed by atoms with E-state index >= 15 is 0 Å². The van der Waals surface area contributed by atoms with Crippen LogP contribution >= 0.6 is 0 Å². The van der Waals surface area contributed by atoms with Crippen LogP contribution in [0.3, 0.4) is 0 Å². The van der Waals surface area contributed by atoms with Crippen LogP contribution in [0.4, 0.5) is 26.3 Å². The van der Waals surface area contributed by atoms with Crippen molar-refractivity contribution < 1.29 is 46.8 Å². The average molecular weight is 300 g/mol. The molecule has 4 N–H and O–H groups in total. The summed E-state index contributed by atoms with van der Waals surface area (Å²) in [6.45, 7) is -1.35. The van der Waals surface area contributed by atoms with Crippen LogP contribution in [0.1, 0.15) is 6.42 Å². The molecule has 116 valence electrons. The van der Waals surface area contributed by atoms with Gasteiger partial charge in [0.15, 0.2) is 30.8 Å². The van der Waals surface area contributed by atoms with E-state index in [0.29, 0.717) is 0 Å². The van der Waals surface area contributed by atoms with E-state index in [0.717, 1.165) is 0 Å². The molecule has 6 unspecified atom stereocenters. The molecule has 0 aromatic carbocycles. The molecular formula is C9H14F6O4. The monoisotopic (exact) mass is 300 g/mol. The van der Waals surface area contributed by atoms with Crippen LogP contribution < -0.4 is 0 Å². The van der Waals surface area contributed by atoms with Gasteiger partial charge < -0.3 is 20.4 Å². The molecule has 0 bridgehead atoms. The summed E-state index contributed by atoms with van der Waals surface area (Å²) in [5.41, 5.74) is 0. The third-order valence-corrected chi connectivity index (χ3v) is 2.34. The van der Waals surface area contributed by atoms with E-state index in [4.69, 9.17) is 20.4 Å². The molecule has 6 atom stereocenters. The number of rotatable bonds is 8. The molecule has 0 amide bonds. The predicted octanol–water partition coefficient (Wildman–Crippen LogP) is 0.0281. The zero-order chi connectivity index (χ0) is 15.4. The Morgan fingerprint density at radius 2 is 1.21 bits per heavy atom. The minimum absolute atomic E-state index is 1.07. The summed E-state index contributed by atoms with van der Waals surface area (Å²) >= 11 is 0. The molecule has 0 fully saturated rings. The van der Waals surface area contributed by atoms with E-state index in [9.17, 15) is 26.3 Å². The largest absolute Gasteiger partial charge is 0.382 e. The number of aliphatic hydroxyl groups excluding tert-OH is 1. The van der Waals surface area contributed by atoms with Crippen molar-refractivity contribution in [3.8, 4) is 0 Å². The van der Waals surface area contributed by atoms with E-state index < -0.39 is 56.0 Å². The SMILES string of the molecule is OC(C(F)C(F)C(F)C(F)C(F)CCF)C(O)(O)O. The maximum absolute atomic E-state index is 13.1. The van der Waals surface area contributed by atoms with Gasteiger partial charge >= 0.3 is 5.97 Å². The standard InChI is InChI=1S/C9H14F6O4/c10-2-1-3(11)4(12)5(13)6(14)7(15)8(16)9(17,18)19/h3-8,16-19H,1-2H2. The number of alkyl halides is 6. The van der Waals surface area contributed by atoms with Crippen LogP contribution in [-0.4, -0.2) is 70.0 Å². The number of hydrogen-bond acceptors (Lipinski definition) is 4. The molecule has 0 spiro atoms. The van der Waals surface area contributed by atoms with E-state index in [2.05, 4.69) is 0 Å². The maximum Gasteiger partial charge on any atom is 0.306 e. The lowest BCUT2D eigenvalue weighted by Crippen LogP contribution is -2.53. The fourth-order valence-corrected chi connectivity index (χ4v) is 1.20. The van der Waals surface area contributed by atoms with Crippen molar-refractivity contribution in [3.63, 3.8) is 0 Å². The lowest BCUT2D eigenvalue weighted by atomic mass is 9.99. The minimum Gasteiger partial charge on any atom is -0.382 e. The van der Waals surface area contributed by atoms with Crippen LogP contribution in [0, 0.1) is 0 Å². The molecule has 4 nitrogen and oxygen atoms in total. The molecule has 0 saturated carbocycles. The summed E-state index contributed by atoms with van der Waals surface area (Å²) < 4.78 is 76.6. The average Bonchev–Trinajstić information content (AvgIpc) is 2.33. The Balaban J connectivity index is 4.67. The molecule has 0 aromatic rings. The summed E-state index contributed by atoms with van der Waals surface area (Å²) in [4.78, 5) is 0. The molecule has 0 saturated heterocycles. The Morgan fingerprint density at radius 1 is 0.789 bits per heavy atom.